The first-order chi connectivity index (χ1) is 8.19. The molecule has 17 heavy (non-hydrogen) atoms. The summed E-state index contributed by atoms with van der Waals surface area (Å²) >= 11 is 0. The highest BCUT2D eigenvalue weighted by molar-refractivity contribution is 5.22. The minimum absolute atomic E-state index is 0.130. The summed E-state index contributed by atoms with van der Waals surface area (Å²) in [4.78, 5) is 4.91. The van der Waals surface area contributed by atoms with Gasteiger partial charge in [-0.2, -0.15) is 0 Å². The fourth-order valence-corrected chi connectivity index (χ4v) is 2.40. The van der Waals surface area contributed by atoms with Crippen LogP contribution in [0.25, 0.3) is 0 Å². The molecule has 94 valence electrons. The zero-order valence-electron chi connectivity index (χ0n) is 10.8. The van der Waals surface area contributed by atoms with Crippen LogP contribution in [0.5, 0.6) is 0 Å². The third kappa shape index (κ3) is 3.28. The van der Waals surface area contributed by atoms with Crippen molar-refractivity contribution in [2.45, 2.75) is 26.1 Å². The summed E-state index contributed by atoms with van der Waals surface area (Å²) < 4.78 is 0. The van der Waals surface area contributed by atoms with E-state index in [0.717, 1.165) is 31.7 Å². The molecule has 0 radical (unpaired) electrons. The fourth-order valence-electron chi connectivity index (χ4n) is 2.40. The van der Waals surface area contributed by atoms with Gasteiger partial charge in [0.15, 0.2) is 0 Å². The molecule has 1 saturated heterocycles. The molecule has 2 rings (SSSR count). The topological polar surface area (TPSA) is 26.7 Å². The quantitative estimate of drug-likeness (QED) is 0.854. The number of rotatable bonds is 3. The van der Waals surface area contributed by atoms with Crippen molar-refractivity contribution in [1.29, 1.82) is 0 Å². The molecular weight excluding hydrogens is 212 g/mol. The summed E-state index contributed by atoms with van der Waals surface area (Å²) in [6, 6.07) is 8.88. The standard InChI is InChI=1S/C14H22N2O/c1-12-9-15(2)7-8-16(12)10-13-3-5-14(11-17)6-4-13/h3-6,12,17H,7-11H2,1-2H3. The molecule has 3 nitrogen and oxygen atoms in total. The highest BCUT2D eigenvalue weighted by Crippen LogP contribution is 2.13. The van der Waals surface area contributed by atoms with Gasteiger partial charge in [0.1, 0.15) is 0 Å². The van der Waals surface area contributed by atoms with Crippen LogP contribution in [0.3, 0.4) is 0 Å². The molecule has 1 N–H and O–H groups in total. The number of nitrogens with zero attached hydrogens (tertiary/aromatic N) is 2. The smallest absolute Gasteiger partial charge is 0.0681 e. The lowest BCUT2D eigenvalue weighted by atomic mass is 10.1. The number of hydrogen-bond acceptors (Lipinski definition) is 3. The van der Waals surface area contributed by atoms with Gasteiger partial charge in [-0.1, -0.05) is 24.3 Å². The molecule has 1 unspecified atom stereocenters. The summed E-state index contributed by atoms with van der Waals surface area (Å²) in [7, 11) is 2.18. The molecule has 0 aliphatic carbocycles. The van der Waals surface area contributed by atoms with E-state index in [2.05, 4.69) is 35.9 Å². The summed E-state index contributed by atoms with van der Waals surface area (Å²) in [6.07, 6.45) is 0. The Bertz CT molecular complexity index is 350. The highest BCUT2D eigenvalue weighted by atomic mass is 16.3. The highest BCUT2D eigenvalue weighted by Gasteiger charge is 2.20. The van der Waals surface area contributed by atoms with Crippen LogP contribution >= 0.6 is 0 Å². The van der Waals surface area contributed by atoms with Gasteiger partial charge < -0.3 is 10.0 Å². The van der Waals surface area contributed by atoms with Crippen LogP contribution in [0, 0.1) is 0 Å². The fraction of sp³-hybridized carbons (Fsp3) is 0.571. The maximum atomic E-state index is 9.01. The molecule has 1 aliphatic heterocycles. The summed E-state index contributed by atoms with van der Waals surface area (Å²) in [5.41, 5.74) is 2.32. The Morgan fingerprint density at radius 3 is 2.41 bits per heavy atom. The molecule has 0 amide bonds. The molecule has 1 atom stereocenters. The van der Waals surface area contributed by atoms with Crippen molar-refractivity contribution in [3.8, 4) is 0 Å². The molecule has 0 spiro atoms. The van der Waals surface area contributed by atoms with Crippen molar-refractivity contribution < 1.29 is 5.11 Å². The Hall–Kier alpha value is -0.900. The Balaban J connectivity index is 1.95. The number of hydrogen-bond donors (Lipinski definition) is 1. The molecule has 1 heterocycles. The second-order valence-corrected chi connectivity index (χ2v) is 5.06. The lowest BCUT2D eigenvalue weighted by Crippen LogP contribution is -2.49. The number of aliphatic hydroxyl groups is 1. The third-order valence-corrected chi connectivity index (χ3v) is 3.56. The van der Waals surface area contributed by atoms with Crippen molar-refractivity contribution in [3.63, 3.8) is 0 Å². The number of aliphatic hydroxyl groups excluding tert-OH is 1. The lowest BCUT2D eigenvalue weighted by molar-refractivity contribution is 0.0938. The maximum Gasteiger partial charge on any atom is 0.0681 e. The minimum Gasteiger partial charge on any atom is -0.392 e. The van der Waals surface area contributed by atoms with Gasteiger partial charge in [0, 0.05) is 32.2 Å². The van der Waals surface area contributed by atoms with Gasteiger partial charge in [0.05, 0.1) is 6.61 Å². The van der Waals surface area contributed by atoms with Crippen LogP contribution in [0.2, 0.25) is 0 Å². The van der Waals surface area contributed by atoms with E-state index in [1.807, 2.05) is 12.1 Å². The molecule has 0 bridgehead atoms. The largest absolute Gasteiger partial charge is 0.392 e. The second kappa shape index (κ2) is 5.63. The molecule has 0 saturated carbocycles. The Kier molecular flexibility index (Phi) is 4.15. The molecule has 1 aliphatic rings. The molecule has 1 fully saturated rings. The number of piperazine rings is 1. The van der Waals surface area contributed by atoms with Crippen LogP contribution < -0.4 is 0 Å². The molecule has 0 aromatic heterocycles. The van der Waals surface area contributed by atoms with E-state index >= 15 is 0 Å². The molecule has 1 aromatic rings. The van der Waals surface area contributed by atoms with E-state index in [0.29, 0.717) is 6.04 Å². The van der Waals surface area contributed by atoms with Crippen molar-refractivity contribution >= 4 is 0 Å². The summed E-state index contributed by atoms with van der Waals surface area (Å²) in [5, 5.41) is 9.01. The van der Waals surface area contributed by atoms with Crippen molar-refractivity contribution in [1.82, 2.24) is 9.80 Å². The zero-order chi connectivity index (χ0) is 12.3. The normalized spacial score (nSPS) is 22.9. The molecule has 1 aromatic carbocycles. The third-order valence-electron chi connectivity index (χ3n) is 3.56. The van der Waals surface area contributed by atoms with Crippen LogP contribution in [0.15, 0.2) is 24.3 Å². The van der Waals surface area contributed by atoms with Crippen LogP contribution in [-0.2, 0) is 13.2 Å². The monoisotopic (exact) mass is 234 g/mol. The van der Waals surface area contributed by atoms with Crippen LogP contribution in [0.4, 0.5) is 0 Å². The van der Waals surface area contributed by atoms with E-state index in [1.54, 1.807) is 0 Å². The van der Waals surface area contributed by atoms with Gasteiger partial charge in [-0.05, 0) is 25.1 Å². The zero-order valence-corrected chi connectivity index (χ0v) is 10.8. The second-order valence-electron chi connectivity index (χ2n) is 5.06. The van der Waals surface area contributed by atoms with Gasteiger partial charge in [-0.25, -0.2) is 0 Å². The maximum absolute atomic E-state index is 9.01. The van der Waals surface area contributed by atoms with Gasteiger partial charge >= 0.3 is 0 Å². The van der Waals surface area contributed by atoms with E-state index in [1.165, 1.54) is 5.56 Å². The Labute approximate surface area is 104 Å². The van der Waals surface area contributed by atoms with Gasteiger partial charge in [-0.3, -0.25) is 4.90 Å². The molecule has 3 heteroatoms. The van der Waals surface area contributed by atoms with Crippen LogP contribution in [0.1, 0.15) is 18.1 Å². The van der Waals surface area contributed by atoms with Crippen molar-refractivity contribution in [2.75, 3.05) is 26.7 Å². The van der Waals surface area contributed by atoms with Gasteiger partial charge in [-0.15, -0.1) is 0 Å². The summed E-state index contributed by atoms with van der Waals surface area (Å²) in [6.45, 7) is 6.87. The first-order valence-electron chi connectivity index (χ1n) is 6.30. The predicted octanol–water partition coefficient (Wildman–Crippen LogP) is 1.31. The van der Waals surface area contributed by atoms with Gasteiger partial charge in [0.2, 0.25) is 0 Å². The average molecular weight is 234 g/mol. The summed E-state index contributed by atoms with van der Waals surface area (Å²) in [5.74, 6) is 0. The average Bonchev–Trinajstić information content (AvgIpc) is 2.34. The first kappa shape index (κ1) is 12.6. The van der Waals surface area contributed by atoms with E-state index in [-0.39, 0.29) is 6.61 Å². The van der Waals surface area contributed by atoms with Crippen molar-refractivity contribution in [3.05, 3.63) is 35.4 Å². The van der Waals surface area contributed by atoms with E-state index in [9.17, 15) is 0 Å². The van der Waals surface area contributed by atoms with E-state index < -0.39 is 0 Å². The number of benzene rings is 1. The minimum atomic E-state index is 0.130. The Morgan fingerprint density at radius 2 is 1.82 bits per heavy atom. The predicted molar refractivity (Wildman–Crippen MR) is 69.7 cm³/mol. The SMILES string of the molecule is CC1CN(C)CCN1Cc1ccc(CO)cc1. The Morgan fingerprint density at radius 1 is 1.18 bits per heavy atom. The van der Waals surface area contributed by atoms with Crippen molar-refractivity contribution in [2.24, 2.45) is 0 Å². The first-order valence-corrected chi connectivity index (χ1v) is 6.30. The number of likely N-dealkylation sites (N-methyl/N-ethyl adjacent to an activating group) is 1. The van der Waals surface area contributed by atoms with Crippen LogP contribution in [-0.4, -0.2) is 47.6 Å². The van der Waals surface area contributed by atoms with E-state index in [4.69, 9.17) is 5.11 Å². The lowest BCUT2D eigenvalue weighted by Gasteiger charge is -2.38. The van der Waals surface area contributed by atoms with Gasteiger partial charge in [0.25, 0.3) is 0 Å². The molecular formula is C14H22N2O.